The highest BCUT2D eigenvalue weighted by atomic mass is 35.5. The molecular formula is C9H9Cl2NO2. The Morgan fingerprint density at radius 3 is 2.86 bits per heavy atom. The van der Waals surface area contributed by atoms with Crippen molar-refractivity contribution in [2.24, 2.45) is 5.16 Å². The maximum atomic E-state index is 9.48. The second-order valence-electron chi connectivity index (χ2n) is 2.48. The van der Waals surface area contributed by atoms with Crippen LogP contribution in [0.15, 0.2) is 17.3 Å². The van der Waals surface area contributed by atoms with Crippen LogP contribution in [0.2, 0.25) is 10.0 Å². The molecule has 1 N–H and O–H groups in total. The van der Waals surface area contributed by atoms with Crippen LogP contribution in [0, 0.1) is 0 Å². The summed E-state index contributed by atoms with van der Waals surface area (Å²) < 4.78 is 0. The molecule has 76 valence electrons. The van der Waals surface area contributed by atoms with Gasteiger partial charge in [-0.15, -0.1) is 0 Å². The first-order chi connectivity index (χ1) is 6.65. The van der Waals surface area contributed by atoms with E-state index in [1.807, 2.05) is 6.92 Å². The molecule has 0 bridgehead atoms. The van der Waals surface area contributed by atoms with Crippen LogP contribution >= 0.6 is 23.2 Å². The molecule has 1 rings (SSSR count). The van der Waals surface area contributed by atoms with Crippen molar-refractivity contribution >= 4 is 29.4 Å². The van der Waals surface area contributed by atoms with E-state index in [9.17, 15) is 5.11 Å². The van der Waals surface area contributed by atoms with Crippen molar-refractivity contribution in [3.05, 3.63) is 27.7 Å². The van der Waals surface area contributed by atoms with Crippen molar-refractivity contribution in [2.45, 2.75) is 6.92 Å². The van der Waals surface area contributed by atoms with Crippen LogP contribution in [0.5, 0.6) is 5.75 Å². The Hall–Kier alpha value is -0.930. The summed E-state index contributed by atoms with van der Waals surface area (Å²) in [4.78, 5) is 4.74. The van der Waals surface area contributed by atoms with Gasteiger partial charge in [0.15, 0.2) is 0 Å². The number of benzene rings is 1. The van der Waals surface area contributed by atoms with Crippen LogP contribution in [0.4, 0.5) is 0 Å². The molecule has 0 aromatic heterocycles. The molecule has 3 nitrogen and oxygen atoms in total. The summed E-state index contributed by atoms with van der Waals surface area (Å²) in [6.07, 6.45) is 1.36. The fraction of sp³-hybridized carbons (Fsp3) is 0.222. The summed E-state index contributed by atoms with van der Waals surface area (Å²) in [5.74, 6) is -0.0560. The Morgan fingerprint density at radius 2 is 2.21 bits per heavy atom. The van der Waals surface area contributed by atoms with Crippen LogP contribution in [0.1, 0.15) is 12.5 Å². The lowest BCUT2D eigenvalue weighted by atomic mass is 10.2. The van der Waals surface area contributed by atoms with E-state index in [-0.39, 0.29) is 10.8 Å². The van der Waals surface area contributed by atoms with E-state index in [1.54, 1.807) is 6.07 Å². The van der Waals surface area contributed by atoms with Gasteiger partial charge in [0, 0.05) is 10.6 Å². The highest BCUT2D eigenvalue weighted by molar-refractivity contribution is 6.36. The first-order valence-corrected chi connectivity index (χ1v) is 4.74. The van der Waals surface area contributed by atoms with Crippen molar-refractivity contribution in [3.63, 3.8) is 0 Å². The number of phenols is 1. The van der Waals surface area contributed by atoms with Gasteiger partial charge in [-0.3, -0.25) is 0 Å². The Kier molecular flexibility index (Phi) is 4.04. The van der Waals surface area contributed by atoms with E-state index >= 15 is 0 Å². The molecule has 0 aliphatic heterocycles. The molecule has 0 radical (unpaired) electrons. The van der Waals surface area contributed by atoms with Gasteiger partial charge in [-0.2, -0.15) is 0 Å². The molecule has 0 amide bonds. The first-order valence-electron chi connectivity index (χ1n) is 3.98. The van der Waals surface area contributed by atoms with Crippen molar-refractivity contribution in [1.29, 1.82) is 0 Å². The number of halogens is 2. The third-order valence-corrected chi connectivity index (χ3v) is 1.96. The third-order valence-electron chi connectivity index (χ3n) is 1.45. The van der Waals surface area contributed by atoms with E-state index in [0.29, 0.717) is 17.2 Å². The van der Waals surface area contributed by atoms with E-state index in [0.717, 1.165) is 0 Å². The summed E-state index contributed by atoms with van der Waals surface area (Å²) in [6, 6.07) is 3.00. The van der Waals surface area contributed by atoms with Crippen molar-refractivity contribution < 1.29 is 9.94 Å². The van der Waals surface area contributed by atoms with Crippen molar-refractivity contribution in [3.8, 4) is 5.75 Å². The Morgan fingerprint density at radius 1 is 1.50 bits per heavy atom. The minimum Gasteiger partial charge on any atom is -0.506 e. The zero-order chi connectivity index (χ0) is 10.6. The van der Waals surface area contributed by atoms with Crippen LogP contribution < -0.4 is 0 Å². The third kappa shape index (κ3) is 2.79. The maximum absolute atomic E-state index is 9.48. The number of hydrogen-bond acceptors (Lipinski definition) is 3. The Labute approximate surface area is 91.9 Å². The fourth-order valence-electron chi connectivity index (χ4n) is 0.853. The van der Waals surface area contributed by atoms with Crippen molar-refractivity contribution in [2.75, 3.05) is 6.61 Å². The van der Waals surface area contributed by atoms with Gasteiger partial charge in [0.25, 0.3) is 0 Å². The van der Waals surface area contributed by atoms with Gasteiger partial charge in [0.2, 0.25) is 0 Å². The molecule has 0 spiro atoms. The molecule has 0 aliphatic rings. The highest BCUT2D eigenvalue weighted by Gasteiger charge is 2.05. The second-order valence-corrected chi connectivity index (χ2v) is 3.32. The van der Waals surface area contributed by atoms with Crippen molar-refractivity contribution in [1.82, 2.24) is 0 Å². The number of aromatic hydroxyl groups is 1. The predicted molar refractivity (Wildman–Crippen MR) is 57.3 cm³/mol. The predicted octanol–water partition coefficient (Wildman–Crippen LogP) is 3.07. The minimum absolute atomic E-state index is 0.0560. The van der Waals surface area contributed by atoms with Gasteiger partial charge >= 0.3 is 0 Å². The lowest BCUT2D eigenvalue weighted by Gasteiger charge is -2.01. The van der Waals surface area contributed by atoms with E-state index < -0.39 is 0 Å². The maximum Gasteiger partial charge on any atom is 0.143 e. The summed E-state index contributed by atoms with van der Waals surface area (Å²) in [6.45, 7) is 2.27. The first kappa shape index (κ1) is 11.1. The topological polar surface area (TPSA) is 41.8 Å². The largest absolute Gasteiger partial charge is 0.506 e. The van der Waals surface area contributed by atoms with Gasteiger partial charge in [0.1, 0.15) is 12.4 Å². The summed E-state index contributed by atoms with van der Waals surface area (Å²) >= 11 is 11.4. The van der Waals surface area contributed by atoms with E-state index in [1.165, 1.54) is 12.3 Å². The van der Waals surface area contributed by atoms with E-state index in [4.69, 9.17) is 28.0 Å². The van der Waals surface area contributed by atoms with Gasteiger partial charge in [-0.1, -0.05) is 28.4 Å². The number of oxime groups is 1. The minimum atomic E-state index is -0.0560. The average molecular weight is 234 g/mol. The average Bonchev–Trinajstić information content (AvgIpc) is 2.13. The monoisotopic (exact) mass is 233 g/mol. The molecule has 0 saturated carbocycles. The number of rotatable bonds is 3. The second kappa shape index (κ2) is 5.08. The van der Waals surface area contributed by atoms with Crippen LogP contribution in [-0.4, -0.2) is 17.9 Å². The zero-order valence-corrected chi connectivity index (χ0v) is 9.01. The summed E-state index contributed by atoms with van der Waals surface area (Å²) in [5, 5.41) is 13.7. The Bertz CT molecular complexity index is 353. The van der Waals surface area contributed by atoms with E-state index in [2.05, 4.69) is 5.16 Å². The van der Waals surface area contributed by atoms with Crippen LogP contribution in [0.25, 0.3) is 0 Å². The summed E-state index contributed by atoms with van der Waals surface area (Å²) in [7, 11) is 0. The number of nitrogens with zero attached hydrogens (tertiary/aromatic N) is 1. The molecular weight excluding hydrogens is 225 g/mol. The molecule has 14 heavy (non-hydrogen) atoms. The molecule has 0 atom stereocenters. The molecule has 1 aromatic rings. The molecule has 0 heterocycles. The van der Waals surface area contributed by atoms with Gasteiger partial charge in [-0.25, -0.2) is 0 Å². The Balaban J connectivity index is 2.96. The van der Waals surface area contributed by atoms with Gasteiger partial charge in [-0.05, 0) is 19.1 Å². The SMILES string of the molecule is CCO/N=C/c1cc(Cl)cc(Cl)c1O. The van der Waals surface area contributed by atoms with Crippen LogP contribution in [0.3, 0.4) is 0 Å². The van der Waals surface area contributed by atoms with Gasteiger partial charge in [0.05, 0.1) is 11.2 Å². The fourth-order valence-corrected chi connectivity index (χ4v) is 1.36. The lowest BCUT2D eigenvalue weighted by Crippen LogP contribution is -1.86. The van der Waals surface area contributed by atoms with Crippen LogP contribution in [-0.2, 0) is 4.84 Å². The molecule has 5 heteroatoms. The molecule has 1 aromatic carbocycles. The molecule has 0 unspecified atom stereocenters. The quantitative estimate of drug-likeness (QED) is 0.645. The summed E-state index contributed by atoms with van der Waals surface area (Å²) in [5.41, 5.74) is 0.427. The lowest BCUT2D eigenvalue weighted by molar-refractivity contribution is 0.160. The smallest absolute Gasteiger partial charge is 0.143 e. The highest BCUT2D eigenvalue weighted by Crippen LogP contribution is 2.29. The molecule has 0 fully saturated rings. The number of phenolic OH excluding ortho intramolecular Hbond substituents is 1. The van der Waals surface area contributed by atoms with Gasteiger partial charge < -0.3 is 9.94 Å². The zero-order valence-electron chi connectivity index (χ0n) is 7.50. The number of hydrogen-bond donors (Lipinski definition) is 1. The normalized spacial score (nSPS) is 10.8. The molecule has 0 saturated heterocycles. The standard InChI is InChI=1S/C9H9Cl2NO2/c1-2-14-12-5-6-3-7(10)4-8(11)9(6)13/h3-5,13H,2H2,1H3/b12-5+. The molecule has 0 aliphatic carbocycles.